The third-order valence-electron chi connectivity index (χ3n) is 5.48. The molecule has 0 unspecified atom stereocenters. The molecule has 0 saturated carbocycles. The zero-order valence-corrected chi connectivity index (χ0v) is 21.8. The highest BCUT2D eigenvalue weighted by atomic mass is 35.5. The van der Waals surface area contributed by atoms with Gasteiger partial charge in [0.15, 0.2) is 11.5 Å². The van der Waals surface area contributed by atoms with E-state index in [9.17, 15) is 8.42 Å². The molecule has 0 radical (unpaired) electrons. The average molecular weight is 552 g/mol. The number of sulfonamides is 1. The molecule has 0 amide bonds. The zero-order valence-electron chi connectivity index (χ0n) is 19.4. The summed E-state index contributed by atoms with van der Waals surface area (Å²) in [7, 11) is -2.70. The second-order valence-electron chi connectivity index (χ2n) is 7.85. The standard InChI is InChI=1S/C23H22ClN3O7S2/c1-14-20(24)23(34-26-14)27(12-31-9-8-30-2)36(28,29)21-16-4-3-7-25-22(16)35-19(21)11-15-5-6-17-18(10-15)33-13-32-17/h3-7,10H,8-9,11-13H2,1-2H3. The van der Waals surface area contributed by atoms with Crippen molar-refractivity contribution in [2.45, 2.75) is 18.2 Å². The van der Waals surface area contributed by atoms with Crippen LogP contribution in [-0.2, 0) is 25.9 Å². The van der Waals surface area contributed by atoms with Crippen molar-refractivity contribution in [3.05, 3.63) is 57.7 Å². The summed E-state index contributed by atoms with van der Waals surface area (Å²) < 4.78 is 56.3. The van der Waals surface area contributed by atoms with Crippen LogP contribution in [0.3, 0.4) is 0 Å². The first kappa shape index (κ1) is 24.8. The number of fused-ring (bicyclic) bond motifs is 2. The third-order valence-corrected chi connectivity index (χ3v) is 8.99. The zero-order chi connectivity index (χ0) is 25.3. The van der Waals surface area contributed by atoms with Crippen molar-refractivity contribution in [2.75, 3.05) is 38.2 Å². The van der Waals surface area contributed by atoms with Gasteiger partial charge in [0, 0.05) is 30.0 Å². The number of pyridine rings is 1. The molecule has 4 aromatic rings. The molecule has 0 aliphatic carbocycles. The molecule has 5 rings (SSSR count). The lowest BCUT2D eigenvalue weighted by Gasteiger charge is -2.22. The van der Waals surface area contributed by atoms with E-state index in [1.807, 2.05) is 18.2 Å². The summed E-state index contributed by atoms with van der Waals surface area (Å²) in [6, 6.07) is 8.96. The molecule has 1 aliphatic heterocycles. The van der Waals surface area contributed by atoms with Gasteiger partial charge >= 0.3 is 0 Å². The van der Waals surface area contributed by atoms with Gasteiger partial charge < -0.3 is 23.5 Å². The molecule has 1 aliphatic rings. The molecule has 0 spiro atoms. The van der Waals surface area contributed by atoms with Gasteiger partial charge in [-0.05, 0) is 36.8 Å². The molecule has 10 nitrogen and oxygen atoms in total. The number of rotatable bonds is 10. The van der Waals surface area contributed by atoms with Crippen LogP contribution in [0.1, 0.15) is 16.1 Å². The summed E-state index contributed by atoms with van der Waals surface area (Å²) in [6.07, 6.45) is 1.95. The van der Waals surface area contributed by atoms with E-state index >= 15 is 0 Å². The maximum absolute atomic E-state index is 14.2. The second kappa shape index (κ2) is 10.2. The Balaban J connectivity index is 1.60. The van der Waals surface area contributed by atoms with Crippen LogP contribution in [0.2, 0.25) is 5.02 Å². The Bertz CT molecular complexity index is 1500. The van der Waals surface area contributed by atoms with Crippen LogP contribution in [0.25, 0.3) is 10.2 Å². The third kappa shape index (κ3) is 4.62. The van der Waals surface area contributed by atoms with Crippen LogP contribution < -0.4 is 13.8 Å². The summed E-state index contributed by atoms with van der Waals surface area (Å²) in [5, 5.41) is 4.41. The van der Waals surface area contributed by atoms with Crippen LogP contribution >= 0.6 is 22.9 Å². The minimum Gasteiger partial charge on any atom is -0.454 e. The van der Waals surface area contributed by atoms with E-state index in [1.54, 1.807) is 25.3 Å². The van der Waals surface area contributed by atoms with Crippen molar-refractivity contribution in [3.8, 4) is 11.5 Å². The van der Waals surface area contributed by atoms with Crippen LogP contribution in [0.15, 0.2) is 45.9 Å². The van der Waals surface area contributed by atoms with Gasteiger partial charge in [0.05, 0.1) is 13.2 Å². The number of anilines is 1. The molecule has 0 bridgehead atoms. The van der Waals surface area contributed by atoms with Crippen molar-refractivity contribution in [1.29, 1.82) is 0 Å². The smallest absolute Gasteiger partial charge is 0.270 e. The number of methoxy groups -OCH3 is 1. The van der Waals surface area contributed by atoms with E-state index in [2.05, 4.69) is 10.1 Å². The van der Waals surface area contributed by atoms with Gasteiger partial charge in [-0.2, -0.15) is 0 Å². The maximum atomic E-state index is 14.2. The Kier molecular flexibility index (Phi) is 7.04. The lowest BCUT2D eigenvalue weighted by atomic mass is 10.1. The first-order valence-corrected chi connectivity index (χ1v) is 13.5. The highest BCUT2D eigenvalue weighted by Crippen LogP contribution is 2.41. The normalized spacial score (nSPS) is 13.0. The number of hydrogen-bond donors (Lipinski definition) is 0. The molecule has 0 fully saturated rings. The summed E-state index contributed by atoms with van der Waals surface area (Å²) >= 11 is 7.68. The number of nitrogens with zero attached hydrogens (tertiary/aromatic N) is 3. The van der Waals surface area contributed by atoms with Gasteiger partial charge in [-0.25, -0.2) is 17.7 Å². The Labute approximate surface area is 216 Å². The Morgan fingerprint density at radius 3 is 2.81 bits per heavy atom. The van der Waals surface area contributed by atoms with Crippen molar-refractivity contribution in [3.63, 3.8) is 0 Å². The number of halogens is 1. The minimum atomic E-state index is -4.23. The van der Waals surface area contributed by atoms with Gasteiger partial charge in [0.2, 0.25) is 6.79 Å². The number of benzene rings is 1. The Hall–Kier alpha value is -2.90. The van der Waals surface area contributed by atoms with Crippen molar-refractivity contribution >= 4 is 49.1 Å². The van der Waals surface area contributed by atoms with Crippen LogP contribution in [0.4, 0.5) is 5.88 Å². The molecule has 0 N–H and O–H groups in total. The van der Waals surface area contributed by atoms with E-state index in [0.29, 0.717) is 38.7 Å². The van der Waals surface area contributed by atoms with Crippen LogP contribution in [0.5, 0.6) is 11.5 Å². The van der Waals surface area contributed by atoms with E-state index in [0.717, 1.165) is 9.87 Å². The molecular weight excluding hydrogens is 530 g/mol. The van der Waals surface area contributed by atoms with Crippen LogP contribution in [-0.4, -0.2) is 52.4 Å². The van der Waals surface area contributed by atoms with E-state index in [-0.39, 0.29) is 42.5 Å². The topological polar surface area (TPSA) is 113 Å². The number of aromatic nitrogens is 2. The molecule has 1 aromatic carbocycles. The fourth-order valence-corrected chi connectivity index (χ4v) is 7.11. The predicted molar refractivity (Wildman–Crippen MR) is 134 cm³/mol. The predicted octanol–water partition coefficient (Wildman–Crippen LogP) is 4.38. The van der Waals surface area contributed by atoms with Crippen molar-refractivity contribution in [2.24, 2.45) is 0 Å². The van der Waals surface area contributed by atoms with Gasteiger partial charge in [0.1, 0.15) is 27.2 Å². The minimum absolute atomic E-state index is 0.0869. The number of aryl methyl sites for hydroxylation is 1. The van der Waals surface area contributed by atoms with Gasteiger partial charge in [0.25, 0.3) is 15.9 Å². The lowest BCUT2D eigenvalue weighted by Crippen LogP contribution is -2.34. The Morgan fingerprint density at radius 1 is 1.19 bits per heavy atom. The number of thiophene rings is 1. The first-order chi connectivity index (χ1) is 17.4. The molecule has 4 heterocycles. The Morgan fingerprint density at radius 2 is 2.03 bits per heavy atom. The fourth-order valence-electron chi connectivity index (χ4n) is 3.73. The molecule has 13 heteroatoms. The van der Waals surface area contributed by atoms with Gasteiger partial charge in [-0.15, -0.1) is 11.3 Å². The molecule has 0 atom stereocenters. The highest BCUT2D eigenvalue weighted by Gasteiger charge is 2.35. The van der Waals surface area contributed by atoms with E-state index < -0.39 is 10.0 Å². The quantitative estimate of drug-likeness (QED) is 0.209. The average Bonchev–Trinajstić information content (AvgIpc) is 3.56. The van der Waals surface area contributed by atoms with Crippen LogP contribution in [0, 0.1) is 6.92 Å². The summed E-state index contributed by atoms with van der Waals surface area (Å²) in [4.78, 5) is 5.69. The lowest BCUT2D eigenvalue weighted by molar-refractivity contribution is 0.0744. The SMILES string of the molecule is COCCOCN(c1onc(C)c1Cl)S(=O)(=O)c1c(Cc2ccc3c(c2)OCO3)sc2ncccc12. The molecule has 36 heavy (non-hydrogen) atoms. The monoisotopic (exact) mass is 551 g/mol. The van der Waals surface area contributed by atoms with Gasteiger partial charge in [-0.1, -0.05) is 22.8 Å². The first-order valence-electron chi connectivity index (χ1n) is 10.9. The molecule has 0 saturated heterocycles. The summed E-state index contributed by atoms with van der Waals surface area (Å²) in [6.45, 7) is 1.89. The maximum Gasteiger partial charge on any atom is 0.270 e. The van der Waals surface area contributed by atoms with Crippen molar-refractivity contribution in [1.82, 2.24) is 10.1 Å². The molecule has 3 aromatic heterocycles. The number of hydrogen-bond acceptors (Lipinski definition) is 10. The largest absolute Gasteiger partial charge is 0.454 e. The highest BCUT2D eigenvalue weighted by molar-refractivity contribution is 7.93. The van der Waals surface area contributed by atoms with E-state index in [1.165, 1.54) is 18.4 Å². The fraction of sp³-hybridized carbons (Fsp3) is 0.304. The second-order valence-corrected chi connectivity index (χ2v) is 11.1. The van der Waals surface area contributed by atoms with Crippen molar-refractivity contribution < 1.29 is 31.9 Å². The number of ether oxygens (including phenoxy) is 4. The summed E-state index contributed by atoms with van der Waals surface area (Å²) in [5.74, 6) is 1.15. The van der Waals surface area contributed by atoms with Gasteiger partial charge in [-0.3, -0.25) is 0 Å². The molecule has 190 valence electrons. The summed E-state index contributed by atoms with van der Waals surface area (Å²) in [5.41, 5.74) is 1.22. The molecular formula is C23H22ClN3O7S2. The van der Waals surface area contributed by atoms with E-state index in [4.69, 9.17) is 35.1 Å².